The number of aliphatic hydroxyl groups is 1. The van der Waals surface area contributed by atoms with E-state index in [2.05, 4.69) is 26.1 Å². The standard InChI is InChI=1S/C10H23NO/c1-4-6-9(3)10(12)8-11-7-5-2/h9-12H,4-8H2,1-3H3. The maximum absolute atomic E-state index is 9.61. The summed E-state index contributed by atoms with van der Waals surface area (Å²) in [6, 6.07) is 0. The summed E-state index contributed by atoms with van der Waals surface area (Å²) in [5.41, 5.74) is 0. The molecule has 0 saturated carbocycles. The molecule has 2 unspecified atom stereocenters. The van der Waals surface area contributed by atoms with Crippen molar-refractivity contribution in [3.63, 3.8) is 0 Å². The topological polar surface area (TPSA) is 32.3 Å². The molecule has 0 heterocycles. The van der Waals surface area contributed by atoms with Crippen LogP contribution in [0.25, 0.3) is 0 Å². The quantitative estimate of drug-likeness (QED) is 0.575. The molecule has 0 aromatic carbocycles. The molecule has 0 saturated heterocycles. The fourth-order valence-corrected chi connectivity index (χ4v) is 1.28. The summed E-state index contributed by atoms with van der Waals surface area (Å²) < 4.78 is 0. The summed E-state index contributed by atoms with van der Waals surface area (Å²) in [6.07, 6.45) is 3.24. The van der Waals surface area contributed by atoms with Crippen molar-refractivity contribution in [1.82, 2.24) is 5.32 Å². The van der Waals surface area contributed by atoms with Crippen molar-refractivity contribution < 1.29 is 5.11 Å². The average Bonchev–Trinajstić information content (AvgIpc) is 2.05. The summed E-state index contributed by atoms with van der Waals surface area (Å²) in [6.45, 7) is 8.16. The lowest BCUT2D eigenvalue weighted by Crippen LogP contribution is -2.32. The Morgan fingerprint density at radius 2 is 1.92 bits per heavy atom. The van der Waals surface area contributed by atoms with Crippen LogP contribution in [-0.2, 0) is 0 Å². The Hall–Kier alpha value is -0.0800. The van der Waals surface area contributed by atoms with Crippen molar-refractivity contribution in [1.29, 1.82) is 0 Å². The van der Waals surface area contributed by atoms with Crippen LogP contribution in [0.3, 0.4) is 0 Å². The largest absolute Gasteiger partial charge is 0.392 e. The van der Waals surface area contributed by atoms with Crippen LogP contribution < -0.4 is 5.32 Å². The zero-order valence-electron chi connectivity index (χ0n) is 8.64. The van der Waals surface area contributed by atoms with Gasteiger partial charge in [-0.1, -0.05) is 27.2 Å². The van der Waals surface area contributed by atoms with E-state index in [-0.39, 0.29) is 6.10 Å². The van der Waals surface area contributed by atoms with Gasteiger partial charge in [-0.25, -0.2) is 0 Å². The van der Waals surface area contributed by atoms with Crippen LogP contribution in [0.1, 0.15) is 40.0 Å². The number of hydrogen-bond donors (Lipinski definition) is 2. The van der Waals surface area contributed by atoms with E-state index in [1.54, 1.807) is 0 Å². The van der Waals surface area contributed by atoms with Crippen molar-refractivity contribution >= 4 is 0 Å². The van der Waals surface area contributed by atoms with Crippen molar-refractivity contribution in [2.45, 2.75) is 46.1 Å². The zero-order valence-corrected chi connectivity index (χ0v) is 8.64. The van der Waals surface area contributed by atoms with Crippen LogP contribution in [0.4, 0.5) is 0 Å². The molecule has 2 nitrogen and oxygen atoms in total. The van der Waals surface area contributed by atoms with Gasteiger partial charge in [-0.05, 0) is 25.3 Å². The molecule has 0 aliphatic carbocycles. The highest BCUT2D eigenvalue weighted by atomic mass is 16.3. The number of hydrogen-bond acceptors (Lipinski definition) is 2. The van der Waals surface area contributed by atoms with E-state index in [1.807, 2.05) is 0 Å². The van der Waals surface area contributed by atoms with Crippen LogP contribution in [0.2, 0.25) is 0 Å². The second-order valence-corrected chi connectivity index (χ2v) is 3.54. The Labute approximate surface area is 76.4 Å². The SMILES string of the molecule is CCCNCC(O)C(C)CCC. The summed E-state index contributed by atoms with van der Waals surface area (Å²) in [4.78, 5) is 0. The lowest BCUT2D eigenvalue weighted by atomic mass is 9.99. The average molecular weight is 173 g/mol. The lowest BCUT2D eigenvalue weighted by Gasteiger charge is -2.18. The maximum Gasteiger partial charge on any atom is 0.0690 e. The van der Waals surface area contributed by atoms with E-state index in [4.69, 9.17) is 0 Å². The van der Waals surface area contributed by atoms with Gasteiger partial charge in [0.05, 0.1) is 6.10 Å². The third-order valence-corrected chi connectivity index (χ3v) is 2.18. The Morgan fingerprint density at radius 3 is 2.42 bits per heavy atom. The van der Waals surface area contributed by atoms with Crippen LogP contribution in [-0.4, -0.2) is 24.3 Å². The highest BCUT2D eigenvalue weighted by Crippen LogP contribution is 2.09. The van der Waals surface area contributed by atoms with Crippen molar-refractivity contribution in [3.8, 4) is 0 Å². The van der Waals surface area contributed by atoms with Crippen LogP contribution in [0.15, 0.2) is 0 Å². The van der Waals surface area contributed by atoms with Gasteiger partial charge < -0.3 is 10.4 Å². The fraction of sp³-hybridized carbons (Fsp3) is 1.00. The molecule has 2 N–H and O–H groups in total. The molecule has 0 rings (SSSR count). The Bertz CT molecular complexity index is 95.8. The van der Waals surface area contributed by atoms with E-state index in [1.165, 1.54) is 0 Å². The van der Waals surface area contributed by atoms with Crippen molar-refractivity contribution in [2.75, 3.05) is 13.1 Å². The van der Waals surface area contributed by atoms with Gasteiger partial charge in [0, 0.05) is 6.54 Å². The molecule has 0 aromatic heterocycles. The molecule has 74 valence electrons. The van der Waals surface area contributed by atoms with Crippen molar-refractivity contribution in [2.24, 2.45) is 5.92 Å². The third kappa shape index (κ3) is 5.56. The predicted octanol–water partition coefficient (Wildman–Crippen LogP) is 1.78. The first-order chi connectivity index (χ1) is 5.72. The van der Waals surface area contributed by atoms with Gasteiger partial charge in [0.15, 0.2) is 0 Å². The minimum atomic E-state index is -0.170. The monoisotopic (exact) mass is 173 g/mol. The van der Waals surface area contributed by atoms with Crippen LogP contribution in [0, 0.1) is 5.92 Å². The summed E-state index contributed by atoms with van der Waals surface area (Å²) in [5, 5.41) is 12.8. The Balaban J connectivity index is 3.35. The molecule has 2 atom stereocenters. The van der Waals surface area contributed by atoms with E-state index >= 15 is 0 Å². The minimum Gasteiger partial charge on any atom is -0.392 e. The fourth-order valence-electron chi connectivity index (χ4n) is 1.28. The Morgan fingerprint density at radius 1 is 1.25 bits per heavy atom. The van der Waals surface area contributed by atoms with Gasteiger partial charge in [0.1, 0.15) is 0 Å². The molecule has 0 amide bonds. The van der Waals surface area contributed by atoms with Crippen molar-refractivity contribution in [3.05, 3.63) is 0 Å². The Kier molecular flexibility index (Phi) is 7.51. The van der Waals surface area contributed by atoms with E-state index < -0.39 is 0 Å². The normalized spacial score (nSPS) is 16.0. The number of aliphatic hydroxyl groups excluding tert-OH is 1. The molecule has 0 aliphatic heterocycles. The molecule has 12 heavy (non-hydrogen) atoms. The van der Waals surface area contributed by atoms with Gasteiger partial charge in [0.2, 0.25) is 0 Å². The first kappa shape index (κ1) is 11.9. The second kappa shape index (κ2) is 7.56. The molecule has 0 radical (unpaired) electrons. The predicted molar refractivity (Wildman–Crippen MR) is 53.2 cm³/mol. The summed E-state index contributed by atoms with van der Waals surface area (Å²) in [5.74, 6) is 0.430. The highest BCUT2D eigenvalue weighted by molar-refractivity contribution is 4.66. The number of rotatable bonds is 7. The molecular formula is C10H23NO. The van der Waals surface area contributed by atoms with Gasteiger partial charge in [-0.3, -0.25) is 0 Å². The van der Waals surface area contributed by atoms with Crippen LogP contribution >= 0.6 is 0 Å². The minimum absolute atomic E-state index is 0.170. The van der Waals surface area contributed by atoms with E-state index in [0.29, 0.717) is 5.92 Å². The molecule has 2 heteroatoms. The molecule has 0 bridgehead atoms. The highest BCUT2D eigenvalue weighted by Gasteiger charge is 2.11. The van der Waals surface area contributed by atoms with Gasteiger partial charge in [-0.15, -0.1) is 0 Å². The van der Waals surface area contributed by atoms with E-state index in [9.17, 15) is 5.11 Å². The summed E-state index contributed by atoms with van der Waals surface area (Å²) >= 11 is 0. The first-order valence-corrected chi connectivity index (χ1v) is 5.11. The molecule has 0 fully saturated rings. The molecular weight excluding hydrogens is 150 g/mol. The first-order valence-electron chi connectivity index (χ1n) is 5.11. The lowest BCUT2D eigenvalue weighted by molar-refractivity contribution is 0.110. The van der Waals surface area contributed by atoms with Gasteiger partial charge >= 0.3 is 0 Å². The molecule has 0 aliphatic rings. The van der Waals surface area contributed by atoms with Crippen LogP contribution in [0.5, 0.6) is 0 Å². The third-order valence-electron chi connectivity index (χ3n) is 2.18. The zero-order chi connectivity index (χ0) is 9.40. The second-order valence-electron chi connectivity index (χ2n) is 3.54. The van der Waals surface area contributed by atoms with E-state index in [0.717, 1.165) is 32.4 Å². The van der Waals surface area contributed by atoms with Gasteiger partial charge in [0.25, 0.3) is 0 Å². The maximum atomic E-state index is 9.61. The molecule has 0 spiro atoms. The number of nitrogens with one attached hydrogen (secondary N) is 1. The summed E-state index contributed by atoms with van der Waals surface area (Å²) in [7, 11) is 0. The van der Waals surface area contributed by atoms with Gasteiger partial charge in [-0.2, -0.15) is 0 Å². The molecule has 0 aromatic rings. The smallest absolute Gasteiger partial charge is 0.0690 e.